The van der Waals surface area contributed by atoms with Gasteiger partial charge in [0, 0.05) is 11.6 Å². The average Bonchev–Trinajstić information content (AvgIpc) is 2.79. The van der Waals surface area contributed by atoms with E-state index in [4.69, 9.17) is 4.74 Å². The van der Waals surface area contributed by atoms with Crippen LogP contribution in [0.25, 0.3) is 0 Å². The number of hydrogen-bond donors (Lipinski definition) is 1. The van der Waals surface area contributed by atoms with Gasteiger partial charge in [0.15, 0.2) is 0 Å². The zero-order valence-corrected chi connectivity index (χ0v) is 13.3. The van der Waals surface area contributed by atoms with Gasteiger partial charge >= 0.3 is 5.97 Å². The molecule has 1 aliphatic carbocycles. The summed E-state index contributed by atoms with van der Waals surface area (Å²) in [7, 11) is 0. The molecule has 2 atom stereocenters. The maximum atomic E-state index is 12.2. The van der Waals surface area contributed by atoms with Crippen molar-refractivity contribution in [3.05, 3.63) is 16.6 Å². The molecule has 0 bridgehead atoms. The summed E-state index contributed by atoms with van der Waals surface area (Å²) < 4.78 is 5.36. The molecule has 5 heteroatoms. The maximum Gasteiger partial charge on any atom is 0.309 e. The molecular formula is C15H23NO3S. The smallest absolute Gasteiger partial charge is 0.309 e. The predicted octanol–water partition coefficient (Wildman–Crippen LogP) is 2.96. The lowest BCUT2D eigenvalue weighted by Gasteiger charge is -2.42. The van der Waals surface area contributed by atoms with Crippen molar-refractivity contribution in [2.75, 3.05) is 0 Å². The topological polar surface area (TPSA) is 59.4 Å². The third kappa shape index (κ3) is 3.04. The van der Waals surface area contributed by atoms with E-state index in [1.165, 1.54) is 11.3 Å². The molecule has 20 heavy (non-hydrogen) atoms. The summed E-state index contributed by atoms with van der Waals surface area (Å²) in [6.07, 6.45) is 2.74. The minimum absolute atomic E-state index is 0.0823. The minimum atomic E-state index is -0.901. The highest BCUT2D eigenvalue weighted by Crippen LogP contribution is 2.46. The van der Waals surface area contributed by atoms with Crippen LogP contribution in [0.5, 0.6) is 0 Å². The second-order valence-electron chi connectivity index (χ2n) is 6.24. The first-order valence-corrected chi connectivity index (χ1v) is 8.04. The Bertz CT molecular complexity index is 446. The van der Waals surface area contributed by atoms with E-state index in [0.29, 0.717) is 12.8 Å². The molecular weight excluding hydrogens is 274 g/mol. The van der Waals surface area contributed by atoms with Gasteiger partial charge in [-0.1, -0.05) is 13.8 Å². The Morgan fingerprint density at radius 2 is 2.05 bits per heavy atom. The second-order valence-corrected chi connectivity index (χ2v) is 7.14. The SMILES string of the molecule is CC(C)OC(=O)C1C(C)CC(O)(c2nccs2)CC1C. The number of hydrogen-bond acceptors (Lipinski definition) is 5. The van der Waals surface area contributed by atoms with Crippen molar-refractivity contribution in [2.45, 2.75) is 52.2 Å². The van der Waals surface area contributed by atoms with Crippen molar-refractivity contribution in [3.63, 3.8) is 0 Å². The molecule has 1 aliphatic rings. The standard InChI is InChI=1S/C15H23NO3S/c1-9(2)19-13(17)12-10(3)7-15(18,8-11(12)4)14-16-5-6-20-14/h5-6,9-12,18H,7-8H2,1-4H3. The Hall–Kier alpha value is -0.940. The van der Waals surface area contributed by atoms with Crippen molar-refractivity contribution >= 4 is 17.3 Å². The van der Waals surface area contributed by atoms with Crippen molar-refractivity contribution in [1.29, 1.82) is 0 Å². The molecule has 2 unspecified atom stereocenters. The van der Waals surface area contributed by atoms with Crippen LogP contribution in [0.1, 0.15) is 45.5 Å². The molecule has 112 valence electrons. The molecule has 1 saturated carbocycles. The first-order chi connectivity index (χ1) is 9.33. The van der Waals surface area contributed by atoms with Gasteiger partial charge in [-0.15, -0.1) is 11.3 Å². The van der Waals surface area contributed by atoms with Crippen molar-refractivity contribution in [2.24, 2.45) is 17.8 Å². The molecule has 0 aromatic carbocycles. The molecule has 1 N–H and O–H groups in total. The molecule has 4 nitrogen and oxygen atoms in total. The van der Waals surface area contributed by atoms with Gasteiger partial charge in [-0.3, -0.25) is 4.79 Å². The summed E-state index contributed by atoms with van der Waals surface area (Å²) in [5.41, 5.74) is -0.901. The first kappa shape index (κ1) is 15.4. The lowest BCUT2D eigenvalue weighted by molar-refractivity contribution is -0.162. The van der Waals surface area contributed by atoms with E-state index in [9.17, 15) is 9.90 Å². The van der Waals surface area contributed by atoms with Crippen LogP contribution in [0, 0.1) is 17.8 Å². The van der Waals surface area contributed by atoms with Gasteiger partial charge in [0.05, 0.1) is 12.0 Å². The lowest BCUT2D eigenvalue weighted by atomic mass is 9.67. The average molecular weight is 297 g/mol. The summed E-state index contributed by atoms with van der Waals surface area (Å²) in [5, 5.41) is 13.5. The molecule has 0 amide bonds. The zero-order chi connectivity index (χ0) is 14.9. The Morgan fingerprint density at radius 1 is 1.45 bits per heavy atom. The molecule has 1 fully saturated rings. The van der Waals surface area contributed by atoms with Gasteiger partial charge in [-0.25, -0.2) is 4.98 Å². The fraction of sp³-hybridized carbons (Fsp3) is 0.733. The number of ether oxygens (including phenoxy) is 1. The molecule has 1 heterocycles. The van der Waals surface area contributed by atoms with E-state index in [1.807, 2.05) is 33.1 Å². The Morgan fingerprint density at radius 3 is 2.50 bits per heavy atom. The summed E-state index contributed by atoms with van der Waals surface area (Å²) in [5.74, 6) is -0.114. The minimum Gasteiger partial charge on any atom is -0.463 e. The van der Waals surface area contributed by atoms with Crippen LogP contribution in [0.3, 0.4) is 0 Å². The van der Waals surface area contributed by atoms with Gasteiger partial charge in [0.2, 0.25) is 0 Å². The number of aliphatic hydroxyl groups is 1. The molecule has 0 aliphatic heterocycles. The van der Waals surface area contributed by atoms with Crippen LogP contribution >= 0.6 is 11.3 Å². The highest BCUT2D eigenvalue weighted by atomic mass is 32.1. The highest BCUT2D eigenvalue weighted by Gasteiger charge is 2.47. The zero-order valence-electron chi connectivity index (χ0n) is 12.5. The lowest BCUT2D eigenvalue weighted by Crippen LogP contribution is -2.44. The Balaban J connectivity index is 2.14. The van der Waals surface area contributed by atoms with Crippen LogP contribution in [-0.2, 0) is 15.1 Å². The number of carbonyl (C=O) groups excluding carboxylic acids is 1. The van der Waals surface area contributed by atoms with Crippen LogP contribution in [0.4, 0.5) is 0 Å². The molecule has 2 rings (SSSR count). The second kappa shape index (κ2) is 5.82. The fourth-order valence-electron chi connectivity index (χ4n) is 3.37. The summed E-state index contributed by atoms with van der Waals surface area (Å²) in [4.78, 5) is 16.5. The van der Waals surface area contributed by atoms with Crippen LogP contribution in [0.2, 0.25) is 0 Å². The third-order valence-corrected chi connectivity index (χ3v) is 4.97. The number of nitrogens with zero attached hydrogens (tertiary/aromatic N) is 1. The molecule has 0 spiro atoms. The van der Waals surface area contributed by atoms with E-state index < -0.39 is 5.60 Å². The van der Waals surface area contributed by atoms with Gasteiger partial charge < -0.3 is 9.84 Å². The monoisotopic (exact) mass is 297 g/mol. The molecule has 1 aromatic rings. The Kier molecular flexibility index (Phi) is 4.49. The maximum absolute atomic E-state index is 12.2. The number of thiazole rings is 1. The normalized spacial score (nSPS) is 34.2. The van der Waals surface area contributed by atoms with E-state index >= 15 is 0 Å². The Labute approximate surface area is 124 Å². The molecule has 0 radical (unpaired) electrons. The highest BCUT2D eigenvalue weighted by molar-refractivity contribution is 7.09. The third-order valence-electron chi connectivity index (χ3n) is 4.00. The summed E-state index contributed by atoms with van der Waals surface area (Å²) in [6, 6.07) is 0. The van der Waals surface area contributed by atoms with Gasteiger partial charge in [-0.2, -0.15) is 0 Å². The van der Waals surface area contributed by atoms with Crippen molar-refractivity contribution < 1.29 is 14.6 Å². The van der Waals surface area contributed by atoms with Crippen LogP contribution < -0.4 is 0 Å². The predicted molar refractivity (Wildman–Crippen MR) is 78.3 cm³/mol. The molecule has 0 saturated heterocycles. The quantitative estimate of drug-likeness (QED) is 0.871. The van der Waals surface area contributed by atoms with Gasteiger partial charge in [0.25, 0.3) is 0 Å². The van der Waals surface area contributed by atoms with Crippen molar-refractivity contribution in [1.82, 2.24) is 4.98 Å². The van der Waals surface area contributed by atoms with Gasteiger partial charge in [0.1, 0.15) is 10.6 Å². The summed E-state index contributed by atoms with van der Waals surface area (Å²) >= 11 is 1.48. The van der Waals surface area contributed by atoms with E-state index in [1.54, 1.807) is 6.20 Å². The number of rotatable bonds is 3. The number of esters is 1. The summed E-state index contributed by atoms with van der Waals surface area (Å²) in [6.45, 7) is 7.75. The molecule has 1 aromatic heterocycles. The van der Waals surface area contributed by atoms with Crippen LogP contribution in [-0.4, -0.2) is 22.2 Å². The fourth-order valence-corrected chi connectivity index (χ4v) is 4.13. The number of aromatic nitrogens is 1. The van der Waals surface area contributed by atoms with Gasteiger partial charge in [-0.05, 0) is 38.5 Å². The first-order valence-electron chi connectivity index (χ1n) is 7.16. The van der Waals surface area contributed by atoms with E-state index in [2.05, 4.69) is 4.98 Å². The largest absolute Gasteiger partial charge is 0.463 e. The van der Waals surface area contributed by atoms with E-state index in [0.717, 1.165) is 5.01 Å². The number of carbonyl (C=O) groups is 1. The van der Waals surface area contributed by atoms with E-state index in [-0.39, 0.29) is 29.8 Å². The van der Waals surface area contributed by atoms with Crippen LogP contribution in [0.15, 0.2) is 11.6 Å². The van der Waals surface area contributed by atoms with Crippen molar-refractivity contribution in [3.8, 4) is 0 Å².